The van der Waals surface area contributed by atoms with Crippen LogP contribution in [-0.2, 0) is 19.6 Å². The van der Waals surface area contributed by atoms with Gasteiger partial charge in [0.2, 0.25) is 11.8 Å². The molecule has 2 unspecified atom stereocenters. The zero-order chi connectivity index (χ0) is 22.6. The van der Waals surface area contributed by atoms with Gasteiger partial charge in [0.15, 0.2) is 6.10 Å². The van der Waals surface area contributed by atoms with E-state index in [-0.39, 0.29) is 21.6 Å². The number of primary amides is 1. The maximum atomic E-state index is 14.1. The van der Waals surface area contributed by atoms with E-state index in [1.807, 2.05) is 0 Å². The maximum absolute atomic E-state index is 14.1. The van der Waals surface area contributed by atoms with Crippen molar-refractivity contribution in [1.29, 1.82) is 0 Å². The van der Waals surface area contributed by atoms with E-state index in [9.17, 15) is 22.4 Å². The van der Waals surface area contributed by atoms with Crippen molar-refractivity contribution < 1.29 is 36.6 Å². The lowest BCUT2D eigenvalue weighted by molar-refractivity contribution is -0.150. The molecule has 30 heavy (non-hydrogen) atoms. The minimum atomic E-state index is -4.72. The van der Waals surface area contributed by atoms with E-state index in [0.29, 0.717) is 11.3 Å². The molecular formula is C16H19FN4O7S2. The van der Waals surface area contributed by atoms with E-state index in [1.54, 1.807) is 0 Å². The SMILES string of the molecule is COc1cc(OC)nc(N(C(N)=O)S(=O)(=O)c2sccc2C(OC(C)=O)C(C)F)n1. The number of ether oxygens (including phenoxy) is 3. The van der Waals surface area contributed by atoms with Gasteiger partial charge in [-0.15, -0.1) is 15.6 Å². The minimum Gasteiger partial charge on any atom is -0.481 e. The number of urea groups is 1. The van der Waals surface area contributed by atoms with Crippen molar-refractivity contribution in [2.45, 2.75) is 30.3 Å². The fraction of sp³-hybridized carbons (Fsp3) is 0.375. The second-order valence-electron chi connectivity index (χ2n) is 5.73. The van der Waals surface area contributed by atoms with Gasteiger partial charge in [-0.3, -0.25) is 4.79 Å². The molecule has 0 saturated heterocycles. The molecule has 14 heteroatoms. The topological polar surface area (TPSA) is 151 Å². The van der Waals surface area contributed by atoms with Gasteiger partial charge in [-0.25, -0.2) is 9.18 Å². The van der Waals surface area contributed by atoms with Crippen molar-refractivity contribution in [3.63, 3.8) is 0 Å². The summed E-state index contributed by atoms with van der Waals surface area (Å²) < 4.78 is 55.2. The molecule has 0 spiro atoms. The smallest absolute Gasteiger partial charge is 0.336 e. The fourth-order valence-corrected chi connectivity index (χ4v) is 5.13. The summed E-state index contributed by atoms with van der Waals surface area (Å²) in [5.41, 5.74) is 5.14. The Morgan fingerprint density at radius 2 is 1.80 bits per heavy atom. The minimum absolute atomic E-state index is 0.0973. The number of anilines is 1. The molecule has 0 aromatic carbocycles. The highest BCUT2D eigenvalue weighted by Crippen LogP contribution is 2.36. The molecule has 0 aliphatic rings. The summed E-state index contributed by atoms with van der Waals surface area (Å²) in [7, 11) is -2.20. The molecule has 0 aliphatic heterocycles. The summed E-state index contributed by atoms with van der Waals surface area (Å²) in [6.07, 6.45) is -3.26. The van der Waals surface area contributed by atoms with Crippen molar-refractivity contribution in [2.75, 3.05) is 18.5 Å². The van der Waals surface area contributed by atoms with Crippen LogP contribution in [0.25, 0.3) is 0 Å². The summed E-state index contributed by atoms with van der Waals surface area (Å²) in [6, 6.07) is 1.10. The summed E-state index contributed by atoms with van der Waals surface area (Å²) >= 11 is 0.676. The van der Waals surface area contributed by atoms with Crippen LogP contribution in [0.1, 0.15) is 25.5 Å². The predicted octanol–water partition coefficient (Wildman–Crippen LogP) is 1.79. The Bertz CT molecular complexity index is 1020. The lowest BCUT2D eigenvalue weighted by Gasteiger charge is -2.22. The Kier molecular flexibility index (Phi) is 7.15. The van der Waals surface area contributed by atoms with E-state index in [2.05, 4.69) is 9.97 Å². The summed E-state index contributed by atoms with van der Waals surface area (Å²) in [5, 5.41) is 1.34. The second-order valence-corrected chi connectivity index (χ2v) is 8.63. The van der Waals surface area contributed by atoms with Gasteiger partial charge in [-0.1, -0.05) is 0 Å². The number of carbonyl (C=O) groups is 2. The first-order valence-electron chi connectivity index (χ1n) is 8.23. The number of amides is 2. The van der Waals surface area contributed by atoms with Crippen LogP contribution in [-0.4, -0.2) is 50.8 Å². The molecule has 0 radical (unpaired) electrons. The number of hydrogen-bond acceptors (Lipinski definition) is 10. The Morgan fingerprint density at radius 1 is 1.23 bits per heavy atom. The molecule has 2 atom stereocenters. The van der Waals surface area contributed by atoms with E-state index in [0.717, 1.165) is 13.8 Å². The predicted molar refractivity (Wildman–Crippen MR) is 104 cm³/mol. The Morgan fingerprint density at radius 3 is 2.23 bits per heavy atom. The van der Waals surface area contributed by atoms with Crippen LogP contribution in [0.5, 0.6) is 11.8 Å². The molecule has 2 N–H and O–H groups in total. The molecule has 0 fully saturated rings. The zero-order valence-corrected chi connectivity index (χ0v) is 18.0. The van der Waals surface area contributed by atoms with Crippen molar-refractivity contribution in [2.24, 2.45) is 5.73 Å². The molecule has 164 valence electrons. The number of esters is 1. The first-order chi connectivity index (χ1) is 14.0. The lowest BCUT2D eigenvalue weighted by atomic mass is 10.1. The van der Waals surface area contributed by atoms with E-state index >= 15 is 0 Å². The van der Waals surface area contributed by atoms with E-state index in [1.165, 1.54) is 31.7 Å². The molecule has 0 aliphatic carbocycles. The van der Waals surface area contributed by atoms with Crippen molar-refractivity contribution in [3.05, 3.63) is 23.1 Å². The number of aromatic nitrogens is 2. The third kappa shape index (κ3) is 4.76. The number of thiophene rings is 1. The monoisotopic (exact) mass is 462 g/mol. The number of hydrogen-bond donors (Lipinski definition) is 1. The molecular weight excluding hydrogens is 443 g/mol. The third-order valence-electron chi connectivity index (χ3n) is 3.62. The molecule has 2 amide bonds. The van der Waals surface area contributed by atoms with Crippen LogP contribution < -0.4 is 19.5 Å². The van der Waals surface area contributed by atoms with Crippen LogP contribution in [0.2, 0.25) is 0 Å². The Balaban J connectivity index is 2.66. The zero-order valence-electron chi connectivity index (χ0n) is 16.4. The van der Waals surface area contributed by atoms with E-state index < -0.39 is 44.5 Å². The summed E-state index contributed by atoms with van der Waals surface area (Å²) in [5.74, 6) is -1.65. The Labute approximate surface area is 175 Å². The van der Waals surface area contributed by atoms with Gasteiger partial charge in [0, 0.05) is 12.5 Å². The number of sulfonamides is 1. The number of methoxy groups -OCH3 is 2. The summed E-state index contributed by atoms with van der Waals surface area (Å²) in [6.45, 7) is 2.16. The van der Waals surface area contributed by atoms with Crippen molar-refractivity contribution in [3.8, 4) is 11.8 Å². The first-order valence-corrected chi connectivity index (χ1v) is 10.5. The standard InChI is InChI=1S/C16H19FN4O7S2/c1-8(17)13(28-9(2)22)10-5-6-29-14(10)30(24,25)21(15(18)23)16-19-11(26-3)7-12(20-16)27-4/h5-8,13H,1-4H3,(H2,18,23). The van der Waals surface area contributed by atoms with Gasteiger partial charge in [-0.05, 0) is 18.4 Å². The maximum Gasteiger partial charge on any atom is 0.336 e. The molecule has 2 rings (SSSR count). The van der Waals surface area contributed by atoms with Crippen LogP contribution in [0.3, 0.4) is 0 Å². The highest BCUT2D eigenvalue weighted by Gasteiger charge is 2.38. The van der Waals surface area contributed by atoms with Crippen molar-refractivity contribution in [1.82, 2.24) is 9.97 Å². The first kappa shape index (κ1) is 23.3. The second kappa shape index (κ2) is 9.21. The summed E-state index contributed by atoms with van der Waals surface area (Å²) in [4.78, 5) is 31.1. The van der Waals surface area contributed by atoms with Gasteiger partial charge in [0.1, 0.15) is 10.4 Å². The van der Waals surface area contributed by atoms with Gasteiger partial charge in [0.25, 0.3) is 16.0 Å². The van der Waals surface area contributed by atoms with Gasteiger partial charge < -0.3 is 19.9 Å². The molecule has 2 heterocycles. The number of nitrogens with two attached hydrogens (primary N) is 1. The third-order valence-corrected chi connectivity index (χ3v) is 6.79. The number of alkyl halides is 1. The molecule has 2 aromatic rings. The average Bonchev–Trinajstić information content (AvgIpc) is 3.15. The van der Waals surface area contributed by atoms with Crippen LogP contribution in [0, 0.1) is 0 Å². The van der Waals surface area contributed by atoms with Gasteiger partial charge >= 0.3 is 12.0 Å². The van der Waals surface area contributed by atoms with Crippen LogP contribution in [0.15, 0.2) is 21.7 Å². The molecule has 0 bridgehead atoms. The van der Waals surface area contributed by atoms with Gasteiger partial charge in [0.05, 0.1) is 20.3 Å². The Hall–Kier alpha value is -3.00. The fourth-order valence-electron chi connectivity index (χ4n) is 2.41. The quantitative estimate of drug-likeness (QED) is 0.579. The van der Waals surface area contributed by atoms with Gasteiger partial charge in [-0.2, -0.15) is 18.4 Å². The normalized spacial score (nSPS) is 13.2. The molecule has 0 saturated carbocycles. The van der Waals surface area contributed by atoms with Crippen LogP contribution in [0.4, 0.5) is 15.1 Å². The molecule has 2 aromatic heterocycles. The lowest BCUT2D eigenvalue weighted by Crippen LogP contribution is -2.42. The largest absolute Gasteiger partial charge is 0.481 e. The average molecular weight is 462 g/mol. The number of carbonyl (C=O) groups excluding carboxylic acids is 2. The van der Waals surface area contributed by atoms with E-state index in [4.69, 9.17) is 19.9 Å². The number of rotatable bonds is 8. The molecule has 11 nitrogen and oxygen atoms in total. The van der Waals surface area contributed by atoms with Crippen molar-refractivity contribution >= 4 is 39.3 Å². The van der Waals surface area contributed by atoms with Crippen LogP contribution >= 0.6 is 11.3 Å². The highest BCUT2D eigenvalue weighted by molar-refractivity contribution is 7.95. The number of halogens is 1. The number of nitrogens with zero attached hydrogens (tertiary/aromatic N) is 3. The highest BCUT2D eigenvalue weighted by atomic mass is 32.2.